The molecular weight excluding hydrogens is 363 g/mol. The van der Waals surface area contributed by atoms with Crippen LogP contribution >= 0.6 is 23.2 Å². The highest BCUT2D eigenvalue weighted by Crippen LogP contribution is 2.31. The Hall–Kier alpha value is -1.21. The van der Waals surface area contributed by atoms with Gasteiger partial charge in [-0.2, -0.15) is 0 Å². The van der Waals surface area contributed by atoms with Crippen molar-refractivity contribution in [3.05, 3.63) is 28.2 Å². The van der Waals surface area contributed by atoms with Crippen molar-refractivity contribution in [3.8, 4) is 5.75 Å². The first kappa shape index (κ1) is 21.8. The fourth-order valence-electron chi connectivity index (χ4n) is 2.10. The first-order valence-electron chi connectivity index (χ1n) is 8.27. The number of likely N-dealkylation sites (N-methyl/N-ethyl adjacent to an activating group) is 1. The number of hydrogen-bond donors (Lipinski definition) is 2. The van der Waals surface area contributed by atoms with Gasteiger partial charge in [0.1, 0.15) is 17.4 Å². The van der Waals surface area contributed by atoms with Gasteiger partial charge in [0.2, 0.25) is 0 Å². The average molecular weight is 391 g/mol. The summed E-state index contributed by atoms with van der Waals surface area (Å²) in [7, 11) is 5.56. The third-order valence-electron chi connectivity index (χ3n) is 3.47. The molecule has 0 aliphatic heterocycles. The summed E-state index contributed by atoms with van der Waals surface area (Å²) in [6.45, 7) is 4.60. The van der Waals surface area contributed by atoms with Crippen molar-refractivity contribution in [2.24, 2.45) is 4.99 Å². The first-order chi connectivity index (χ1) is 12.1. The van der Waals surface area contributed by atoms with E-state index < -0.39 is 0 Å². The van der Waals surface area contributed by atoms with Gasteiger partial charge in [0.05, 0.1) is 11.6 Å². The minimum atomic E-state index is 0.434. The Kier molecular flexibility index (Phi) is 11.4. The van der Waals surface area contributed by atoms with E-state index >= 15 is 0 Å². The lowest BCUT2D eigenvalue weighted by Crippen LogP contribution is -2.42. The van der Waals surface area contributed by atoms with E-state index in [-0.39, 0.29) is 0 Å². The van der Waals surface area contributed by atoms with Gasteiger partial charge in [0, 0.05) is 40.4 Å². The third kappa shape index (κ3) is 9.16. The molecule has 1 rings (SSSR count). The normalized spacial score (nSPS) is 11.7. The lowest BCUT2D eigenvalue weighted by atomic mass is 10.3. The quantitative estimate of drug-likeness (QED) is 0.345. The maximum Gasteiger partial charge on any atom is 0.191 e. The van der Waals surface area contributed by atoms with Crippen molar-refractivity contribution in [3.63, 3.8) is 0 Å². The zero-order valence-corrected chi connectivity index (χ0v) is 16.7. The smallest absolute Gasteiger partial charge is 0.191 e. The van der Waals surface area contributed by atoms with E-state index in [0.29, 0.717) is 28.9 Å². The van der Waals surface area contributed by atoms with E-state index in [2.05, 4.69) is 27.6 Å². The Morgan fingerprint density at radius 3 is 2.64 bits per heavy atom. The number of rotatable bonds is 11. The number of nitrogens with one attached hydrogen (secondary N) is 2. The molecule has 0 atom stereocenters. The zero-order chi connectivity index (χ0) is 18.5. The van der Waals surface area contributed by atoms with E-state index in [1.165, 1.54) is 0 Å². The van der Waals surface area contributed by atoms with Gasteiger partial charge in [-0.25, -0.2) is 0 Å². The highest BCUT2D eigenvalue weighted by atomic mass is 35.5. The Balaban J connectivity index is 2.18. The summed E-state index contributed by atoms with van der Waals surface area (Å²) in [5.41, 5.74) is 0. The van der Waals surface area contributed by atoms with E-state index in [0.717, 1.165) is 38.6 Å². The second-order valence-electron chi connectivity index (χ2n) is 5.48. The number of benzene rings is 1. The molecule has 0 radical (unpaired) electrons. The average Bonchev–Trinajstić information content (AvgIpc) is 2.60. The minimum Gasteiger partial charge on any atom is -0.490 e. The van der Waals surface area contributed by atoms with Crippen LogP contribution in [0.2, 0.25) is 10.0 Å². The summed E-state index contributed by atoms with van der Waals surface area (Å²) in [5.74, 6) is 1.32. The SMILES string of the molecule is CN=C(NCCOc1cccc(Cl)c1Cl)NCCN(C)CCCOC. The van der Waals surface area contributed by atoms with Crippen LogP contribution in [0.4, 0.5) is 0 Å². The maximum absolute atomic E-state index is 6.08. The molecule has 1 aromatic rings. The molecule has 0 saturated heterocycles. The molecule has 0 bridgehead atoms. The molecular formula is C17H28Cl2N4O2. The molecule has 0 fully saturated rings. The molecule has 0 aliphatic carbocycles. The van der Waals surface area contributed by atoms with Crippen LogP contribution < -0.4 is 15.4 Å². The van der Waals surface area contributed by atoms with Gasteiger partial charge in [-0.3, -0.25) is 4.99 Å². The number of methoxy groups -OCH3 is 1. The van der Waals surface area contributed by atoms with E-state index in [1.807, 2.05) is 0 Å². The van der Waals surface area contributed by atoms with Gasteiger partial charge in [0.25, 0.3) is 0 Å². The number of hydrogen-bond acceptors (Lipinski definition) is 4. The molecule has 0 amide bonds. The van der Waals surface area contributed by atoms with Crippen LogP contribution in [-0.4, -0.2) is 71.5 Å². The summed E-state index contributed by atoms with van der Waals surface area (Å²) >= 11 is 12.0. The second-order valence-corrected chi connectivity index (χ2v) is 6.26. The Morgan fingerprint density at radius 2 is 1.92 bits per heavy atom. The van der Waals surface area contributed by atoms with Crippen LogP contribution in [0, 0.1) is 0 Å². The van der Waals surface area contributed by atoms with Crippen molar-refractivity contribution in [2.75, 3.05) is 60.6 Å². The van der Waals surface area contributed by atoms with Crippen LogP contribution in [0.3, 0.4) is 0 Å². The first-order valence-corrected chi connectivity index (χ1v) is 9.03. The fourth-order valence-corrected chi connectivity index (χ4v) is 2.45. The molecule has 8 heteroatoms. The summed E-state index contributed by atoms with van der Waals surface area (Å²) in [5, 5.41) is 7.39. The largest absolute Gasteiger partial charge is 0.490 e. The molecule has 0 unspecified atom stereocenters. The monoisotopic (exact) mass is 390 g/mol. The minimum absolute atomic E-state index is 0.434. The van der Waals surface area contributed by atoms with Gasteiger partial charge >= 0.3 is 0 Å². The fraction of sp³-hybridized carbons (Fsp3) is 0.588. The topological polar surface area (TPSA) is 58.1 Å². The molecule has 0 aromatic heterocycles. The Bertz CT molecular complexity index is 529. The lowest BCUT2D eigenvalue weighted by Gasteiger charge is -2.18. The third-order valence-corrected chi connectivity index (χ3v) is 4.27. The second kappa shape index (κ2) is 13.1. The molecule has 2 N–H and O–H groups in total. The number of aliphatic imine (C=N–C) groups is 1. The highest BCUT2D eigenvalue weighted by molar-refractivity contribution is 6.42. The number of guanidine groups is 1. The molecule has 0 heterocycles. The van der Waals surface area contributed by atoms with Gasteiger partial charge in [-0.05, 0) is 25.6 Å². The predicted octanol–water partition coefficient (Wildman–Crippen LogP) is 2.51. The molecule has 25 heavy (non-hydrogen) atoms. The molecule has 0 spiro atoms. The van der Waals surface area contributed by atoms with Gasteiger partial charge < -0.3 is 25.0 Å². The van der Waals surface area contributed by atoms with Crippen LogP contribution in [0.1, 0.15) is 6.42 Å². The summed E-state index contributed by atoms with van der Waals surface area (Å²) in [6, 6.07) is 5.33. The van der Waals surface area contributed by atoms with Gasteiger partial charge in [-0.1, -0.05) is 29.3 Å². The van der Waals surface area contributed by atoms with Crippen molar-refractivity contribution in [1.82, 2.24) is 15.5 Å². The lowest BCUT2D eigenvalue weighted by molar-refractivity contribution is 0.180. The Labute approximate surface area is 160 Å². The van der Waals surface area contributed by atoms with Crippen molar-refractivity contribution >= 4 is 29.2 Å². The van der Waals surface area contributed by atoms with Crippen molar-refractivity contribution in [1.29, 1.82) is 0 Å². The van der Waals surface area contributed by atoms with Crippen molar-refractivity contribution in [2.45, 2.75) is 6.42 Å². The summed E-state index contributed by atoms with van der Waals surface area (Å²) < 4.78 is 10.7. The van der Waals surface area contributed by atoms with Gasteiger partial charge in [-0.15, -0.1) is 0 Å². The number of halogens is 2. The van der Waals surface area contributed by atoms with E-state index in [1.54, 1.807) is 32.4 Å². The summed E-state index contributed by atoms with van der Waals surface area (Å²) in [4.78, 5) is 6.44. The molecule has 0 aliphatic rings. The van der Waals surface area contributed by atoms with Crippen LogP contribution in [0.5, 0.6) is 5.75 Å². The highest BCUT2D eigenvalue weighted by Gasteiger charge is 2.05. The van der Waals surface area contributed by atoms with Crippen LogP contribution in [0.25, 0.3) is 0 Å². The van der Waals surface area contributed by atoms with Crippen LogP contribution in [-0.2, 0) is 4.74 Å². The van der Waals surface area contributed by atoms with Crippen LogP contribution in [0.15, 0.2) is 23.2 Å². The van der Waals surface area contributed by atoms with E-state index in [9.17, 15) is 0 Å². The number of ether oxygens (including phenoxy) is 2. The molecule has 1 aromatic carbocycles. The standard InChI is InChI=1S/C17H28Cl2N4O2/c1-20-17(21-8-11-23(2)10-5-12-24-3)22-9-13-25-15-7-4-6-14(18)16(15)19/h4,6-7H,5,8-13H2,1-3H3,(H2,20,21,22). The van der Waals surface area contributed by atoms with Crippen molar-refractivity contribution < 1.29 is 9.47 Å². The molecule has 142 valence electrons. The maximum atomic E-state index is 6.08. The Morgan fingerprint density at radius 1 is 1.16 bits per heavy atom. The zero-order valence-electron chi connectivity index (χ0n) is 15.1. The van der Waals surface area contributed by atoms with Gasteiger partial charge in [0.15, 0.2) is 5.96 Å². The van der Waals surface area contributed by atoms with E-state index in [4.69, 9.17) is 32.7 Å². The summed E-state index contributed by atoms with van der Waals surface area (Å²) in [6.07, 6.45) is 1.03. The number of nitrogens with zero attached hydrogens (tertiary/aromatic N) is 2. The molecule has 6 nitrogen and oxygen atoms in total. The molecule has 0 saturated carbocycles. The predicted molar refractivity (Wildman–Crippen MR) is 105 cm³/mol.